The van der Waals surface area contributed by atoms with E-state index in [0.29, 0.717) is 37.8 Å². The van der Waals surface area contributed by atoms with Crippen LogP contribution in [0.4, 0.5) is 0 Å². The van der Waals surface area contributed by atoms with Crippen LogP contribution < -0.4 is 4.74 Å². The minimum Gasteiger partial charge on any atom is -0.489 e. The van der Waals surface area contributed by atoms with E-state index in [1.807, 2.05) is 25.1 Å². The summed E-state index contributed by atoms with van der Waals surface area (Å²) in [5.41, 5.74) is 5.56. The van der Waals surface area contributed by atoms with Gasteiger partial charge < -0.3 is 9.47 Å². The first-order chi connectivity index (χ1) is 14.9. The van der Waals surface area contributed by atoms with Gasteiger partial charge in [-0.15, -0.1) is 0 Å². The highest BCUT2D eigenvalue weighted by molar-refractivity contribution is 7.89. The summed E-state index contributed by atoms with van der Waals surface area (Å²) in [7, 11) is -3.47. The molecule has 0 aromatic heterocycles. The number of ether oxygens (including phenoxy) is 2. The molecule has 31 heavy (non-hydrogen) atoms. The van der Waals surface area contributed by atoms with Crippen LogP contribution in [0.1, 0.15) is 16.7 Å². The van der Waals surface area contributed by atoms with Crippen LogP contribution >= 0.6 is 0 Å². The molecule has 1 fully saturated rings. The maximum atomic E-state index is 12.7. The Balaban J connectivity index is 1.42. The minimum absolute atomic E-state index is 0.303. The van der Waals surface area contributed by atoms with Gasteiger partial charge in [-0.05, 0) is 60.4 Å². The Morgan fingerprint density at radius 2 is 1.61 bits per heavy atom. The van der Waals surface area contributed by atoms with Crippen molar-refractivity contribution >= 4 is 10.0 Å². The summed E-state index contributed by atoms with van der Waals surface area (Å²) >= 11 is 0. The molecule has 0 unspecified atom stereocenters. The van der Waals surface area contributed by atoms with Crippen LogP contribution in [0.15, 0.2) is 71.6 Å². The smallest absolute Gasteiger partial charge is 0.243 e. The van der Waals surface area contributed by atoms with Gasteiger partial charge >= 0.3 is 0 Å². The number of rotatable bonds is 6. The molecular weight excluding hydrogens is 410 g/mol. The van der Waals surface area contributed by atoms with Gasteiger partial charge in [0.05, 0.1) is 18.1 Å². The zero-order chi connectivity index (χ0) is 21.8. The van der Waals surface area contributed by atoms with E-state index in [4.69, 9.17) is 9.47 Å². The van der Waals surface area contributed by atoms with Gasteiger partial charge in [0.1, 0.15) is 12.4 Å². The molecule has 4 rings (SSSR count). The third kappa shape index (κ3) is 4.98. The summed E-state index contributed by atoms with van der Waals surface area (Å²) in [5.74, 6) is 0.821. The van der Waals surface area contributed by atoms with Crippen LogP contribution in [0, 0.1) is 13.8 Å². The SMILES string of the molecule is Cc1cccc(-c2ccc(OCc3ccc(S(=O)(=O)N4CCOCC4)cc3)c(C)c2)c1. The Morgan fingerprint density at radius 1 is 0.903 bits per heavy atom. The fraction of sp³-hybridized carbons (Fsp3) is 0.280. The van der Waals surface area contributed by atoms with E-state index < -0.39 is 10.0 Å². The lowest BCUT2D eigenvalue weighted by atomic mass is 10.0. The molecule has 162 valence electrons. The summed E-state index contributed by atoms with van der Waals surface area (Å²) in [6, 6.07) is 21.5. The number of morpholine rings is 1. The highest BCUT2D eigenvalue weighted by Gasteiger charge is 2.26. The molecule has 3 aromatic carbocycles. The predicted octanol–water partition coefficient (Wildman–Crippen LogP) is 4.57. The molecule has 0 N–H and O–H groups in total. The van der Waals surface area contributed by atoms with Gasteiger partial charge in [-0.3, -0.25) is 0 Å². The van der Waals surface area contributed by atoms with Crippen LogP contribution in [0.5, 0.6) is 5.75 Å². The number of hydrogen-bond acceptors (Lipinski definition) is 4. The molecule has 1 aliphatic heterocycles. The van der Waals surface area contributed by atoms with Gasteiger partial charge in [0.2, 0.25) is 10.0 Å². The Hall–Kier alpha value is -2.67. The third-order valence-electron chi connectivity index (χ3n) is 5.45. The second-order valence-electron chi connectivity index (χ2n) is 7.80. The van der Waals surface area contributed by atoms with E-state index >= 15 is 0 Å². The molecule has 0 atom stereocenters. The van der Waals surface area contributed by atoms with E-state index in [-0.39, 0.29) is 0 Å². The van der Waals surface area contributed by atoms with Crippen molar-refractivity contribution in [2.24, 2.45) is 0 Å². The zero-order valence-electron chi connectivity index (χ0n) is 17.9. The first-order valence-corrected chi connectivity index (χ1v) is 11.8. The average Bonchev–Trinajstić information content (AvgIpc) is 2.79. The van der Waals surface area contributed by atoms with Crippen LogP contribution in [-0.2, 0) is 21.4 Å². The van der Waals surface area contributed by atoms with Crippen molar-refractivity contribution in [1.29, 1.82) is 0 Å². The molecule has 1 saturated heterocycles. The molecule has 6 heteroatoms. The maximum absolute atomic E-state index is 12.7. The van der Waals surface area contributed by atoms with E-state index in [2.05, 4.69) is 43.3 Å². The average molecular weight is 438 g/mol. The first kappa shape index (κ1) is 21.6. The largest absolute Gasteiger partial charge is 0.489 e. The molecule has 1 heterocycles. The lowest BCUT2D eigenvalue weighted by Gasteiger charge is -2.26. The van der Waals surface area contributed by atoms with Gasteiger partial charge in [-0.1, -0.05) is 48.0 Å². The zero-order valence-corrected chi connectivity index (χ0v) is 18.7. The normalized spacial score (nSPS) is 15.0. The number of sulfonamides is 1. The van der Waals surface area contributed by atoms with Crippen molar-refractivity contribution in [3.05, 3.63) is 83.4 Å². The number of nitrogens with zero attached hydrogens (tertiary/aromatic N) is 1. The Morgan fingerprint density at radius 3 is 2.29 bits per heavy atom. The van der Waals surface area contributed by atoms with Crippen LogP contribution in [0.25, 0.3) is 11.1 Å². The maximum Gasteiger partial charge on any atom is 0.243 e. The molecule has 1 aliphatic rings. The number of aryl methyl sites for hydroxylation is 2. The molecule has 0 amide bonds. The second kappa shape index (κ2) is 9.22. The van der Waals surface area contributed by atoms with Crippen molar-refractivity contribution in [3.8, 4) is 16.9 Å². The van der Waals surface area contributed by atoms with Crippen molar-refractivity contribution in [2.75, 3.05) is 26.3 Å². The van der Waals surface area contributed by atoms with E-state index in [9.17, 15) is 8.42 Å². The summed E-state index contributed by atoms with van der Waals surface area (Å²) in [5, 5.41) is 0. The highest BCUT2D eigenvalue weighted by atomic mass is 32.2. The Kier molecular flexibility index (Phi) is 6.41. The quantitative estimate of drug-likeness (QED) is 0.567. The van der Waals surface area contributed by atoms with Gasteiger partial charge in [-0.2, -0.15) is 4.31 Å². The molecule has 0 spiro atoms. The highest BCUT2D eigenvalue weighted by Crippen LogP contribution is 2.27. The van der Waals surface area contributed by atoms with Crippen LogP contribution in [0.2, 0.25) is 0 Å². The fourth-order valence-electron chi connectivity index (χ4n) is 3.67. The van der Waals surface area contributed by atoms with Gasteiger partial charge in [0.15, 0.2) is 0 Å². The van der Waals surface area contributed by atoms with E-state index in [1.54, 1.807) is 12.1 Å². The monoisotopic (exact) mass is 437 g/mol. The van der Waals surface area contributed by atoms with Crippen molar-refractivity contribution in [1.82, 2.24) is 4.31 Å². The lowest BCUT2D eigenvalue weighted by Crippen LogP contribution is -2.40. The molecule has 5 nitrogen and oxygen atoms in total. The molecule has 0 bridgehead atoms. The molecule has 0 aliphatic carbocycles. The number of benzene rings is 3. The first-order valence-electron chi connectivity index (χ1n) is 10.4. The van der Waals surface area contributed by atoms with Gasteiger partial charge in [-0.25, -0.2) is 8.42 Å². The summed E-state index contributed by atoms with van der Waals surface area (Å²) in [6.07, 6.45) is 0. The van der Waals surface area contributed by atoms with E-state index in [0.717, 1.165) is 22.4 Å². The topological polar surface area (TPSA) is 55.8 Å². The van der Waals surface area contributed by atoms with E-state index in [1.165, 1.54) is 15.4 Å². The predicted molar refractivity (Wildman–Crippen MR) is 122 cm³/mol. The Labute approximate surface area is 184 Å². The summed E-state index contributed by atoms with van der Waals surface area (Å²) in [6.45, 7) is 6.16. The van der Waals surface area contributed by atoms with Gasteiger partial charge in [0, 0.05) is 13.1 Å². The summed E-state index contributed by atoms with van der Waals surface area (Å²) < 4.78 is 38.2. The van der Waals surface area contributed by atoms with Crippen molar-refractivity contribution in [2.45, 2.75) is 25.3 Å². The third-order valence-corrected chi connectivity index (χ3v) is 7.36. The second-order valence-corrected chi connectivity index (χ2v) is 9.74. The molecule has 0 radical (unpaired) electrons. The molecular formula is C25H27NO4S. The van der Waals surface area contributed by atoms with Gasteiger partial charge in [0.25, 0.3) is 0 Å². The molecule has 0 saturated carbocycles. The van der Waals surface area contributed by atoms with Crippen LogP contribution in [0.3, 0.4) is 0 Å². The lowest BCUT2D eigenvalue weighted by molar-refractivity contribution is 0.0730. The molecule has 3 aromatic rings. The van der Waals surface area contributed by atoms with Crippen LogP contribution in [-0.4, -0.2) is 39.0 Å². The fourth-order valence-corrected chi connectivity index (χ4v) is 5.08. The summed E-state index contributed by atoms with van der Waals surface area (Å²) in [4.78, 5) is 0.303. The Bertz CT molecular complexity index is 1150. The van der Waals surface area contributed by atoms with Crippen molar-refractivity contribution in [3.63, 3.8) is 0 Å². The standard InChI is InChI=1S/C25H27NO4S/c1-19-4-3-5-22(16-19)23-8-11-25(20(2)17-23)30-18-21-6-9-24(10-7-21)31(27,28)26-12-14-29-15-13-26/h3-11,16-17H,12-15,18H2,1-2H3. The number of hydrogen-bond donors (Lipinski definition) is 0. The van der Waals surface area contributed by atoms with Crippen molar-refractivity contribution < 1.29 is 17.9 Å². The minimum atomic E-state index is -3.47.